The summed E-state index contributed by atoms with van der Waals surface area (Å²) in [6.45, 7) is 21.9. The van der Waals surface area contributed by atoms with Crippen LogP contribution in [0.4, 0.5) is 0 Å². The van der Waals surface area contributed by atoms with Crippen LogP contribution >= 0.6 is 0 Å². The van der Waals surface area contributed by atoms with Gasteiger partial charge in [0.15, 0.2) is 0 Å². The SMILES string of the molecule is CC.CC(C)(C)C.CC1=C(C(C)(C)C)Cc2ccccc21. The Kier molecular flexibility index (Phi) is 7.44. The van der Waals surface area contributed by atoms with Crippen molar-refractivity contribution in [2.24, 2.45) is 10.8 Å². The quantitative estimate of drug-likeness (QED) is 0.476. The Hall–Kier alpha value is -1.04. The summed E-state index contributed by atoms with van der Waals surface area (Å²) >= 11 is 0. The van der Waals surface area contributed by atoms with E-state index in [1.54, 1.807) is 5.57 Å². The molecule has 0 unspecified atom stereocenters. The summed E-state index contributed by atoms with van der Waals surface area (Å²) in [5, 5.41) is 0. The van der Waals surface area contributed by atoms with Gasteiger partial charge in [0, 0.05) is 0 Å². The van der Waals surface area contributed by atoms with E-state index in [2.05, 4.69) is 79.7 Å². The largest absolute Gasteiger partial charge is 0.0683 e. The molecule has 0 nitrogen and oxygen atoms in total. The van der Waals surface area contributed by atoms with E-state index in [-0.39, 0.29) is 0 Å². The van der Waals surface area contributed by atoms with Crippen LogP contribution < -0.4 is 0 Å². The van der Waals surface area contributed by atoms with Crippen LogP contribution in [0.15, 0.2) is 29.8 Å². The van der Waals surface area contributed by atoms with Gasteiger partial charge >= 0.3 is 0 Å². The average molecular weight is 289 g/mol. The molecule has 0 amide bonds. The van der Waals surface area contributed by atoms with Gasteiger partial charge < -0.3 is 0 Å². The number of rotatable bonds is 0. The molecule has 0 spiro atoms. The number of benzene rings is 1. The number of fused-ring (bicyclic) bond motifs is 1. The van der Waals surface area contributed by atoms with Crippen molar-refractivity contribution in [3.8, 4) is 0 Å². The van der Waals surface area contributed by atoms with Crippen molar-refractivity contribution >= 4 is 5.57 Å². The molecule has 0 aliphatic heterocycles. The topological polar surface area (TPSA) is 0 Å². The van der Waals surface area contributed by atoms with Crippen LogP contribution in [0.1, 0.15) is 80.4 Å². The highest BCUT2D eigenvalue weighted by atomic mass is 14.3. The highest BCUT2D eigenvalue weighted by Crippen LogP contribution is 2.41. The first-order valence-corrected chi connectivity index (χ1v) is 8.28. The van der Waals surface area contributed by atoms with Gasteiger partial charge in [-0.2, -0.15) is 0 Å². The Morgan fingerprint density at radius 1 is 0.810 bits per heavy atom. The van der Waals surface area contributed by atoms with E-state index in [1.165, 1.54) is 16.7 Å². The van der Waals surface area contributed by atoms with E-state index in [4.69, 9.17) is 0 Å². The maximum atomic E-state index is 2.30. The molecule has 0 heteroatoms. The molecule has 21 heavy (non-hydrogen) atoms. The molecule has 0 aromatic heterocycles. The molecule has 0 heterocycles. The van der Waals surface area contributed by atoms with Crippen molar-refractivity contribution in [1.29, 1.82) is 0 Å². The molecule has 120 valence electrons. The Morgan fingerprint density at radius 3 is 1.62 bits per heavy atom. The van der Waals surface area contributed by atoms with Gasteiger partial charge in [-0.1, -0.05) is 92.2 Å². The molecule has 1 aliphatic carbocycles. The van der Waals surface area contributed by atoms with E-state index in [0.29, 0.717) is 10.8 Å². The minimum Gasteiger partial charge on any atom is -0.0683 e. The molecular weight excluding hydrogens is 252 g/mol. The smallest absolute Gasteiger partial charge is 0.00499 e. The van der Waals surface area contributed by atoms with Gasteiger partial charge in [-0.25, -0.2) is 0 Å². The van der Waals surface area contributed by atoms with Crippen LogP contribution in [-0.2, 0) is 6.42 Å². The van der Waals surface area contributed by atoms with Crippen molar-refractivity contribution in [1.82, 2.24) is 0 Å². The third-order valence-electron chi connectivity index (χ3n) is 3.15. The van der Waals surface area contributed by atoms with Gasteiger partial charge in [0.25, 0.3) is 0 Å². The lowest BCUT2D eigenvalue weighted by atomic mass is 9.83. The number of hydrogen-bond donors (Lipinski definition) is 0. The maximum absolute atomic E-state index is 2.30. The minimum atomic E-state index is 0.309. The lowest BCUT2D eigenvalue weighted by molar-refractivity contribution is 0.469. The molecule has 0 N–H and O–H groups in total. The molecule has 0 bridgehead atoms. The molecule has 0 radical (unpaired) electrons. The fourth-order valence-corrected chi connectivity index (χ4v) is 2.35. The van der Waals surface area contributed by atoms with E-state index < -0.39 is 0 Å². The summed E-state index contributed by atoms with van der Waals surface area (Å²) in [4.78, 5) is 0. The standard InChI is InChI=1S/C14H18.C5H12.C2H6/c1-10-12-8-6-5-7-11(12)9-13(10)14(2,3)4;1-5(2,3)4;1-2/h5-8H,9H2,1-4H3;1-4H3;1-2H3. The van der Waals surface area contributed by atoms with E-state index in [9.17, 15) is 0 Å². The Bertz CT molecular complexity index is 456. The zero-order valence-corrected chi connectivity index (χ0v) is 16.0. The fraction of sp³-hybridized carbons (Fsp3) is 0.619. The second-order valence-electron chi connectivity index (χ2n) is 8.19. The first-order chi connectivity index (χ1) is 9.50. The average Bonchev–Trinajstić information content (AvgIpc) is 2.68. The Labute approximate surface area is 133 Å². The van der Waals surface area contributed by atoms with Gasteiger partial charge in [0.05, 0.1) is 0 Å². The Morgan fingerprint density at radius 2 is 1.24 bits per heavy atom. The summed E-state index contributed by atoms with van der Waals surface area (Å²) in [5.41, 5.74) is 6.85. The maximum Gasteiger partial charge on any atom is -0.00499 e. The molecule has 1 aliphatic rings. The second kappa shape index (κ2) is 7.82. The summed E-state index contributed by atoms with van der Waals surface area (Å²) in [5.74, 6) is 0. The highest BCUT2D eigenvalue weighted by molar-refractivity contribution is 5.75. The van der Waals surface area contributed by atoms with Crippen molar-refractivity contribution in [2.45, 2.75) is 75.7 Å². The minimum absolute atomic E-state index is 0.309. The van der Waals surface area contributed by atoms with E-state index >= 15 is 0 Å². The summed E-state index contributed by atoms with van der Waals surface area (Å²) in [6.07, 6.45) is 1.14. The van der Waals surface area contributed by atoms with Gasteiger partial charge in [-0.05, 0) is 40.9 Å². The van der Waals surface area contributed by atoms with Crippen molar-refractivity contribution in [3.63, 3.8) is 0 Å². The van der Waals surface area contributed by atoms with Crippen molar-refractivity contribution in [3.05, 3.63) is 41.0 Å². The molecular formula is C21H36. The Balaban J connectivity index is 0.000000489. The molecule has 0 atom stereocenters. The summed E-state index contributed by atoms with van der Waals surface area (Å²) in [6, 6.07) is 8.76. The summed E-state index contributed by atoms with van der Waals surface area (Å²) in [7, 11) is 0. The lowest BCUT2D eigenvalue weighted by Gasteiger charge is -2.21. The van der Waals surface area contributed by atoms with Crippen LogP contribution in [-0.4, -0.2) is 0 Å². The van der Waals surface area contributed by atoms with Crippen LogP contribution in [0, 0.1) is 10.8 Å². The van der Waals surface area contributed by atoms with Gasteiger partial charge in [0.1, 0.15) is 0 Å². The zero-order valence-electron chi connectivity index (χ0n) is 16.0. The fourth-order valence-electron chi connectivity index (χ4n) is 2.35. The number of allylic oxidation sites excluding steroid dienone is 2. The third kappa shape index (κ3) is 6.98. The molecule has 0 fully saturated rings. The molecule has 0 saturated heterocycles. The van der Waals surface area contributed by atoms with Crippen LogP contribution in [0.5, 0.6) is 0 Å². The monoisotopic (exact) mass is 288 g/mol. The summed E-state index contributed by atoms with van der Waals surface area (Å²) < 4.78 is 0. The number of hydrogen-bond acceptors (Lipinski definition) is 0. The van der Waals surface area contributed by atoms with Crippen LogP contribution in [0.2, 0.25) is 0 Å². The van der Waals surface area contributed by atoms with E-state index in [1.807, 2.05) is 13.8 Å². The molecule has 1 aromatic carbocycles. The van der Waals surface area contributed by atoms with Crippen molar-refractivity contribution in [2.75, 3.05) is 0 Å². The second-order valence-corrected chi connectivity index (χ2v) is 8.19. The molecule has 1 aromatic rings. The van der Waals surface area contributed by atoms with Crippen molar-refractivity contribution < 1.29 is 0 Å². The predicted octanol–water partition coefficient (Wildman–Crippen LogP) is 7.14. The third-order valence-corrected chi connectivity index (χ3v) is 3.15. The molecule has 0 saturated carbocycles. The zero-order chi connectivity index (χ0) is 16.8. The van der Waals surface area contributed by atoms with Gasteiger partial charge in [0.2, 0.25) is 0 Å². The first-order valence-electron chi connectivity index (χ1n) is 8.28. The first kappa shape index (κ1) is 20.0. The van der Waals surface area contributed by atoms with Crippen LogP contribution in [0.3, 0.4) is 0 Å². The normalized spacial score (nSPS) is 13.8. The predicted molar refractivity (Wildman–Crippen MR) is 98.7 cm³/mol. The van der Waals surface area contributed by atoms with E-state index in [0.717, 1.165) is 6.42 Å². The van der Waals surface area contributed by atoms with Gasteiger partial charge in [-0.3, -0.25) is 0 Å². The molecule has 2 rings (SSSR count). The van der Waals surface area contributed by atoms with Crippen LogP contribution in [0.25, 0.3) is 5.57 Å². The highest BCUT2D eigenvalue weighted by Gasteiger charge is 2.26. The lowest BCUT2D eigenvalue weighted by Crippen LogP contribution is -2.09. The van der Waals surface area contributed by atoms with Gasteiger partial charge in [-0.15, -0.1) is 0 Å².